The second kappa shape index (κ2) is 8.52. The maximum absolute atomic E-state index is 11.7. The van der Waals surface area contributed by atoms with Crippen LogP contribution in [0.4, 0.5) is 0 Å². The van der Waals surface area contributed by atoms with Crippen molar-refractivity contribution in [2.45, 2.75) is 57.1 Å². The number of carbonyl (C=O) groups excluding carboxylic acids is 1. The van der Waals surface area contributed by atoms with Crippen molar-refractivity contribution < 1.29 is 9.53 Å². The summed E-state index contributed by atoms with van der Waals surface area (Å²) >= 11 is 1.42. The summed E-state index contributed by atoms with van der Waals surface area (Å²) in [5, 5.41) is 9.66. The number of rotatable bonds is 6. The second-order valence-electron chi connectivity index (χ2n) is 6.43. The summed E-state index contributed by atoms with van der Waals surface area (Å²) in [6.07, 6.45) is 6.05. The van der Waals surface area contributed by atoms with Gasteiger partial charge in [0.2, 0.25) is 0 Å². The monoisotopic (exact) mass is 359 g/mol. The molecule has 6 heteroatoms. The molecular weight excluding hydrogens is 334 g/mol. The summed E-state index contributed by atoms with van der Waals surface area (Å²) < 4.78 is 7.28. The number of hydrogen-bond acceptors (Lipinski definition) is 5. The third-order valence-corrected chi connectivity index (χ3v) is 5.46. The number of aromatic nitrogens is 3. The highest BCUT2D eigenvalue weighted by atomic mass is 32.2. The molecular formula is C19H25N3O2S. The van der Waals surface area contributed by atoms with Crippen molar-refractivity contribution in [3.8, 4) is 11.4 Å². The topological polar surface area (TPSA) is 57.0 Å². The summed E-state index contributed by atoms with van der Waals surface area (Å²) in [6.45, 7) is 4.31. The van der Waals surface area contributed by atoms with Gasteiger partial charge in [0, 0.05) is 11.6 Å². The Morgan fingerprint density at radius 3 is 2.60 bits per heavy atom. The van der Waals surface area contributed by atoms with E-state index in [2.05, 4.69) is 46.0 Å². The quantitative estimate of drug-likeness (QED) is 0.565. The van der Waals surface area contributed by atoms with Crippen LogP contribution in [0.3, 0.4) is 0 Å². The minimum atomic E-state index is -0.206. The van der Waals surface area contributed by atoms with Gasteiger partial charge in [-0.1, -0.05) is 60.9 Å². The highest BCUT2D eigenvalue weighted by Gasteiger charge is 2.24. The van der Waals surface area contributed by atoms with Gasteiger partial charge in [-0.15, -0.1) is 10.2 Å². The second-order valence-corrected chi connectivity index (χ2v) is 7.37. The van der Waals surface area contributed by atoms with Gasteiger partial charge >= 0.3 is 5.97 Å². The van der Waals surface area contributed by atoms with E-state index < -0.39 is 0 Å². The maximum Gasteiger partial charge on any atom is 0.316 e. The molecule has 25 heavy (non-hydrogen) atoms. The van der Waals surface area contributed by atoms with Gasteiger partial charge in [0.25, 0.3) is 0 Å². The largest absolute Gasteiger partial charge is 0.465 e. The Morgan fingerprint density at radius 2 is 1.92 bits per heavy atom. The lowest BCUT2D eigenvalue weighted by atomic mass is 9.95. The Kier molecular flexibility index (Phi) is 6.13. The molecule has 0 N–H and O–H groups in total. The van der Waals surface area contributed by atoms with Gasteiger partial charge in [-0.25, -0.2) is 0 Å². The fourth-order valence-corrected chi connectivity index (χ4v) is 4.07. The standard InChI is InChI=1S/C19H25N3O2S/c1-3-24-17(23)13-25-19-21-20-18(15-11-9-14(2)10-12-15)22(19)16-7-5-4-6-8-16/h9-12,16H,3-8,13H2,1-2H3. The molecule has 0 aliphatic heterocycles. The van der Waals surface area contributed by atoms with Crippen LogP contribution >= 0.6 is 11.8 Å². The third kappa shape index (κ3) is 4.42. The van der Waals surface area contributed by atoms with Crippen LogP contribution in [0, 0.1) is 6.92 Å². The fraction of sp³-hybridized carbons (Fsp3) is 0.526. The molecule has 0 spiro atoms. The molecule has 0 saturated heterocycles. The predicted octanol–water partition coefficient (Wildman–Crippen LogP) is 4.41. The lowest BCUT2D eigenvalue weighted by molar-refractivity contribution is -0.139. The van der Waals surface area contributed by atoms with Crippen LogP contribution in [-0.2, 0) is 9.53 Å². The van der Waals surface area contributed by atoms with E-state index in [1.165, 1.54) is 36.6 Å². The summed E-state index contributed by atoms with van der Waals surface area (Å²) in [4.78, 5) is 11.7. The lowest BCUT2D eigenvalue weighted by Gasteiger charge is -2.25. The van der Waals surface area contributed by atoms with Gasteiger partial charge in [0.05, 0.1) is 12.4 Å². The molecule has 1 aromatic carbocycles. The Morgan fingerprint density at radius 1 is 1.20 bits per heavy atom. The minimum Gasteiger partial charge on any atom is -0.465 e. The first-order chi connectivity index (χ1) is 12.2. The molecule has 0 atom stereocenters. The van der Waals surface area contributed by atoms with E-state index in [4.69, 9.17) is 4.74 Å². The Bertz CT molecular complexity index is 706. The van der Waals surface area contributed by atoms with E-state index in [0.29, 0.717) is 12.6 Å². The molecule has 5 nitrogen and oxygen atoms in total. The average molecular weight is 359 g/mol. The molecule has 2 aromatic rings. The molecule has 1 saturated carbocycles. The first-order valence-electron chi connectivity index (χ1n) is 8.99. The molecule has 1 aliphatic rings. The molecule has 1 heterocycles. The number of ether oxygens (including phenoxy) is 1. The van der Waals surface area contributed by atoms with Crippen molar-refractivity contribution in [3.05, 3.63) is 29.8 Å². The molecule has 134 valence electrons. The van der Waals surface area contributed by atoms with Crippen molar-refractivity contribution >= 4 is 17.7 Å². The first kappa shape index (κ1) is 18.0. The smallest absolute Gasteiger partial charge is 0.316 e. The van der Waals surface area contributed by atoms with Crippen LogP contribution in [0.25, 0.3) is 11.4 Å². The fourth-order valence-electron chi connectivity index (χ4n) is 3.27. The highest BCUT2D eigenvalue weighted by molar-refractivity contribution is 7.99. The van der Waals surface area contributed by atoms with Crippen molar-refractivity contribution in [3.63, 3.8) is 0 Å². The third-order valence-electron chi connectivity index (χ3n) is 4.54. The van der Waals surface area contributed by atoms with E-state index >= 15 is 0 Å². The van der Waals surface area contributed by atoms with Crippen LogP contribution in [0.5, 0.6) is 0 Å². The van der Waals surface area contributed by atoms with Gasteiger partial charge < -0.3 is 4.74 Å². The number of aryl methyl sites for hydroxylation is 1. The Balaban J connectivity index is 1.89. The molecule has 1 fully saturated rings. The van der Waals surface area contributed by atoms with Gasteiger partial charge in [0.1, 0.15) is 0 Å². The maximum atomic E-state index is 11.7. The van der Waals surface area contributed by atoms with Gasteiger partial charge in [0.15, 0.2) is 11.0 Å². The molecule has 1 aliphatic carbocycles. The van der Waals surface area contributed by atoms with E-state index in [1.54, 1.807) is 0 Å². The minimum absolute atomic E-state index is 0.206. The predicted molar refractivity (Wildman–Crippen MR) is 99.7 cm³/mol. The summed E-state index contributed by atoms with van der Waals surface area (Å²) in [5.74, 6) is 0.966. The van der Waals surface area contributed by atoms with Gasteiger partial charge in [-0.3, -0.25) is 9.36 Å². The van der Waals surface area contributed by atoms with Crippen LogP contribution in [0.15, 0.2) is 29.4 Å². The van der Waals surface area contributed by atoms with Crippen molar-refractivity contribution in [2.75, 3.05) is 12.4 Å². The number of carbonyl (C=O) groups is 1. The molecule has 0 bridgehead atoms. The van der Waals surface area contributed by atoms with E-state index in [-0.39, 0.29) is 11.7 Å². The van der Waals surface area contributed by atoms with E-state index in [0.717, 1.165) is 29.4 Å². The lowest BCUT2D eigenvalue weighted by Crippen LogP contribution is -2.16. The molecule has 0 unspecified atom stereocenters. The van der Waals surface area contributed by atoms with E-state index in [9.17, 15) is 4.79 Å². The number of thioether (sulfide) groups is 1. The van der Waals surface area contributed by atoms with Crippen molar-refractivity contribution in [1.29, 1.82) is 0 Å². The SMILES string of the molecule is CCOC(=O)CSc1nnc(-c2ccc(C)cc2)n1C1CCCCC1. The van der Waals surface area contributed by atoms with Crippen LogP contribution < -0.4 is 0 Å². The van der Waals surface area contributed by atoms with Crippen LogP contribution in [0.2, 0.25) is 0 Å². The zero-order chi connectivity index (χ0) is 17.6. The zero-order valence-electron chi connectivity index (χ0n) is 14.9. The Labute approximate surface area is 153 Å². The van der Waals surface area contributed by atoms with Gasteiger partial charge in [-0.05, 0) is 26.7 Å². The van der Waals surface area contributed by atoms with Crippen molar-refractivity contribution in [1.82, 2.24) is 14.8 Å². The first-order valence-corrected chi connectivity index (χ1v) is 9.98. The van der Waals surface area contributed by atoms with Crippen molar-refractivity contribution in [2.24, 2.45) is 0 Å². The molecule has 3 rings (SSSR count). The number of nitrogens with zero attached hydrogens (tertiary/aromatic N) is 3. The molecule has 1 aromatic heterocycles. The van der Waals surface area contributed by atoms with Crippen LogP contribution in [0.1, 0.15) is 50.6 Å². The summed E-state index contributed by atoms with van der Waals surface area (Å²) in [7, 11) is 0. The number of hydrogen-bond donors (Lipinski definition) is 0. The summed E-state index contributed by atoms with van der Waals surface area (Å²) in [5.41, 5.74) is 2.30. The number of esters is 1. The van der Waals surface area contributed by atoms with Gasteiger partial charge in [-0.2, -0.15) is 0 Å². The Hall–Kier alpha value is -1.82. The van der Waals surface area contributed by atoms with Crippen LogP contribution in [-0.4, -0.2) is 33.1 Å². The number of benzene rings is 1. The highest BCUT2D eigenvalue weighted by Crippen LogP contribution is 2.35. The normalized spacial score (nSPS) is 15.3. The molecule has 0 amide bonds. The zero-order valence-corrected chi connectivity index (χ0v) is 15.7. The van der Waals surface area contributed by atoms with E-state index in [1.807, 2.05) is 6.92 Å². The molecule has 0 radical (unpaired) electrons. The summed E-state index contributed by atoms with van der Waals surface area (Å²) in [6, 6.07) is 8.79. The average Bonchev–Trinajstić information content (AvgIpc) is 3.05.